The maximum absolute atomic E-state index is 14.2. The van der Waals surface area contributed by atoms with Crippen LogP contribution in [0.2, 0.25) is 0 Å². The summed E-state index contributed by atoms with van der Waals surface area (Å²) in [6.07, 6.45) is 0. The van der Waals surface area contributed by atoms with E-state index >= 15 is 0 Å². The van der Waals surface area contributed by atoms with Crippen LogP contribution in [0.5, 0.6) is 0 Å². The molecule has 3 aromatic carbocycles. The van der Waals surface area contributed by atoms with E-state index in [9.17, 15) is 14.0 Å². The number of carbonyl (C=O) groups excluding carboxylic acids is 1. The summed E-state index contributed by atoms with van der Waals surface area (Å²) in [4.78, 5) is 32.3. The van der Waals surface area contributed by atoms with Gasteiger partial charge in [0, 0.05) is 11.1 Å². The molecule has 0 spiro atoms. The number of ether oxygens (including phenoxy) is 1. The molecule has 0 bridgehead atoms. The molecule has 192 valence electrons. The lowest BCUT2D eigenvalue weighted by Gasteiger charge is -2.18. The third-order valence-corrected chi connectivity index (χ3v) is 6.50. The number of aromatic nitrogens is 5. The highest BCUT2D eigenvalue weighted by atomic mass is 19.1. The average Bonchev–Trinajstić information content (AvgIpc) is 3.39. The Labute approximate surface area is 222 Å². The largest absolute Gasteiger partial charge is 0.462 e. The maximum atomic E-state index is 14.2. The van der Waals surface area contributed by atoms with Crippen LogP contribution < -0.4 is 5.69 Å². The van der Waals surface area contributed by atoms with Gasteiger partial charge < -0.3 is 4.74 Å². The predicted octanol–water partition coefficient (Wildman–Crippen LogP) is 5.39. The normalized spacial score (nSPS) is 11.3. The zero-order valence-corrected chi connectivity index (χ0v) is 21.1. The van der Waals surface area contributed by atoms with Crippen molar-refractivity contribution in [3.8, 4) is 28.2 Å². The Kier molecular flexibility index (Phi) is 5.95. The van der Waals surface area contributed by atoms with Crippen LogP contribution in [0.3, 0.4) is 0 Å². The van der Waals surface area contributed by atoms with Gasteiger partial charge in [0.2, 0.25) is 0 Å². The third kappa shape index (κ3) is 3.95. The fraction of sp³-hybridized carbons (Fsp3) is 0.100. The van der Waals surface area contributed by atoms with Gasteiger partial charge in [0.15, 0.2) is 17.1 Å². The molecular weight excluding hydrogens is 497 g/mol. The van der Waals surface area contributed by atoms with Crippen molar-refractivity contribution in [3.63, 3.8) is 0 Å². The second-order valence-electron chi connectivity index (χ2n) is 8.88. The molecule has 9 heteroatoms. The molecule has 0 atom stereocenters. The van der Waals surface area contributed by atoms with Crippen molar-refractivity contribution in [1.82, 2.24) is 24.1 Å². The molecule has 3 heterocycles. The Hall–Kier alpha value is -5.18. The monoisotopic (exact) mass is 519 g/mol. The minimum Gasteiger partial charge on any atom is -0.462 e. The lowest BCUT2D eigenvalue weighted by atomic mass is 9.95. The molecule has 0 saturated carbocycles. The molecule has 0 aliphatic heterocycles. The fourth-order valence-electron chi connectivity index (χ4n) is 4.82. The fourth-order valence-corrected chi connectivity index (χ4v) is 4.82. The second-order valence-corrected chi connectivity index (χ2v) is 8.88. The van der Waals surface area contributed by atoms with Gasteiger partial charge in [0.1, 0.15) is 5.82 Å². The highest BCUT2D eigenvalue weighted by molar-refractivity contribution is 6.11. The lowest BCUT2D eigenvalue weighted by Crippen LogP contribution is -2.28. The van der Waals surface area contributed by atoms with Gasteiger partial charge in [-0.3, -0.25) is 0 Å². The molecule has 0 radical (unpaired) electrons. The summed E-state index contributed by atoms with van der Waals surface area (Å²) in [7, 11) is 0. The van der Waals surface area contributed by atoms with Gasteiger partial charge >= 0.3 is 11.7 Å². The molecule has 0 aliphatic rings. The van der Waals surface area contributed by atoms with E-state index in [2.05, 4.69) is 10.2 Å². The van der Waals surface area contributed by atoms with Crippen LogP contribution in [0.15, 0.2) is 89.7 Å². The minimum absolute atomic E-state index is 0.184. The Bertz CT molecular complexity index is 1920. The zero-order valence-electron chi connectivity index (χ0n) is 21.1. The quantitative estimate of drug-likeness (QED) is 0.284. The number of esters is 1. The first kappa shape index (κ1) is 24.2. The highest BCUT2D eigenvalue weighted by Crippen LogP contribution is 2.36. The molecular formula is C30H22FN5O3. The van der Waals surface area contributed by atoms with Gasteiger partial charge in [-0.05, 0) is 55.8 Å². The summed E-state index contributed by atoms with van der Waals surface area (Å²) >= 11 is 0. The first-order valence-corrected chi connectivity index (χ1v) is 12.4. The Morgan fingerprint density at radius 1 is 0.872 bits per heavy atom. The molecule has 0 amide bonds. The molecule has 6 aromatic rings. The van der Waals surface area contributed by atoms with Gasteiger partial charge in [0.05, 0.1) is 28.9 Å². The molecule has 0 saturated heterocycles. The number of halogens is 1. The van der Waals surface area contributed by atoms with Crippen LogP contribution in [0.25, 0.3) is 44.9 Å². The number of fused-ring (bicyclic) bond motifs is 3. The van der Waals surface area contributed by atoms with Gasteiger partial charge in [0.25, 0.3) is 0 Å². The number of nitrogens with zero attached hydrogens (tertiary/aromatic N) is 5. The summed E-state index contributed by atoms with van der Waals surface area (Å²) in [5.41, 5.74) is 3.11. The van der Waals surface area contributed by atoms with Crippen molar-refractivity contribution in [1.29, 1.82) is 0 Å². The summed E-state index contributed by atoms with van der Waals surface area (Å²) < 4.78 is 22.0. The highest BCUT2D eigenvalue weighted by Gasteiger charge is 2.28. The Morgan fingerprint density at radius 3 is 2.21 bits per heavy atom. The molecule has 39 heavy (non-hydrogen) atoms. The van der Waals surface area contributed by atoms with E-state index < -0.39 is 17.5 Å². The van der Waals surface area contributed by atoms with Crippen LogP contribution >= 0.6 is 0 Å². The van der Waals surface area contributed by atoms with Crippen molar-refractivity contribution in [2.24, 2.45) is 0 Å². The molecule has 0 N–H and O–H groups in total. The van der Waals surface area contributed by atoms with Crippen molar-refractivity contribution in [2.75, 3.05) is 6.61 Å². The van der Waals surface area contributed by atoms with E-state index in [-0.39, 0.29) is 23.6 Å². The lowest BCUT2D eigenvalue weighted by molar-refractivity contribution is 0.0526. The summed E-state index contributed by atoms with van der Waals surface area (Å²) in [6, 6.07) is 24.1. The second kappa shape index (κ2) is 9.60. The third-order valence-electron chi connectivity index (χ3n) is 6.50. The minimum atomic E-state index is -0.530. The summed E-state index contributed by atoms with van der Waals surface area (Å²) in [6.45, 7) is 3.64. The number of rotatable bonds is 5. The Morgan fingerprint density at radius 2 is 1.54 bits per heavy atom. The van der Waals surface area contributed by atoms with Crippen LogP contribution in [-0.4, -0.2) is 36.7 Å². The summed E-state index contributed by atoms with van der Waals surface area (Å²) in [5.74, 6) is -0.708. The zero-order chi connectivity index (χ0) is 27.1. The van der Waals surface area contributed by atoms with Crippen LogP contribution in [0.1, 0.15) is 23.0 Å². The molecule has 8 nitrogen and oxygen atoms in total. The first-order valence-electron chi connectivity index (χ1n) is 12.4. The van der Waals surface area contributed by atoms with Crippen molar-refractivity contribution >= 4 is 22.6 Å². The van der Waals surface area contributed by atoms with Crippen LogP contribution in [0, 0.1) is 12.7 Å². The molecule has 0 unspecified atom stereocenters. The molecule has 0 aliphatic carbocycles. The number of hydrogen-bond acceptors (Lipinski definition) is 6. The number of aryl methyl sites for hydroxylation is 1. The topological polar surface area (TPSA) is 91.4 Å². The van der Waals surface area contributed by atoms with Crippen molar-refractivity contribution in [2.45, 2.75) is 13.8 Å². The van der Waals surface area contributed by atoms with E-state index in [1.807, 2.05) is 48.5 Å². The number of hydrogen-bond donors (Lipinski definition) is 0. The van der Waals surface area contributed by atoms with E-state index in [0.29, 0.717) is 33.5 Å². The van der Waals surface area contributed by atoms with E-state index in [0.717, 1.165) is 5.56 Å². The Balaban J connectivity index is 1.86. The van der Waals surface area contributed by atoms with E-state index in [4.69, 9.17) is 9.72 Å². The number of para-hydroxylation sites is 1. The summed E-state index contributed by atoms with van der Waals surface area (Å²) in [5, 5.41) is 9.22. The van der Waals surface area contributed by atoms with Gasteiger partial charge in [-0.2, -0.15) is 0 Å². The first-order chi connectivity index (χ1) is 19.0. The smallest absolute Gasteiger partial charge is 0.342 e. The van der Waals surface area contributed by atoms with Crippen LogP contribution in [-0.2, 0) is 4.74 Å². The van der Waals surface area contributed by atoms with Gasteiger partial charge in [-0.15, -0.1) is 10.2 Å². The number of benzene rings is 3. The predicted molar refractivity (Wildman–Crippen MR) is 145 cm³/mol. The van der Waals surface area contributed by atoms with Gasteiger partial charge in [-0.1, -0.05) is 48.5 Å². The van der Waals surface area contributed by atoms with E-state index in [1.54, 1.807) is 26.0 Å². The number of carbonyl (C=O) groups is 1. The van der Waals surface area contributed by atoms with E-state index in [1.165, 1.54) is 33.2 Å². The standard InChI is InChI=1S/C30H22FN5O3/c1-3-39-29(37)23-18(2)32-27-25(24(23)19-10-6-4-7-11-19)28-34-33-26(20-14-16-21(31)17-15-20)36(28)30(38)35(27)22-12-8-5-9-13-22/h4-17H,3H2,1-2H3. The van der Waals surface area contributed by atoms with Crippen molar-refractivity contribution in [3.05, 3.63) is 112 Å². The maximum Gasteiger partial charge on any atom is 0.342 e. The SMILES string of the molecule is CCOC(=O)c1c(C)nc2c(c1-c1ccccc1)c1nnc(-c3ccc(F)cc3)n1c(=O)n2-c1ccccc1. The number of pyridine rings is 1. The van der Waals surface area contributed by atoms with Gasteiger partial charge in [-0.25, -0.2) is 27.9 Å². The van der Waals surface area contributed by atoms with Crippen molar-refractivity contribution < 1.29 is 13.9 Å². The van der Waals surface area contributed by atoms with Crippen LogP contribution in [0.4, 0.5) is 4.39 Å². The molecule has 0 fully saturated rings. The molecule has 3 aromatic heterocycles. The molecule has 6 rings (SSSR count). The average molecular weight is 520 g/mol.